The van der Waals surface area contributed by atoms with E-state index in [0.717, 1.165) is 5.56 Å². The van der Waals surface area contributed by atoms with Crippen LogP contribution in [0.3, 0.4) is 0 Å². The third-order valence-electron chi connectivity index (χ3n) is 4.19. The fourth-order valence-electron chi connectivity index (χ4n) is 2.93. The highest BCUT2D eigenvalue weighted by Gasteiger charge is 2.43. The number of carbonyl (C=O) groups is 1. The van der Waals surface area contributed by atoms with Crippen LogP contribution in [0.2, 0.25) is 0 Å². The standard InChI is InChI=1S/C16H17N3O2/c20-14(21)16(13-5-2-1-3-6-13)7-11-19(12-8-16)15-17-9-4-10-18-15/h1-6,9-10H,7-8,11-12H2,(H,20,21). The monoisotopic (exact) mass is 283 g/mol. The second kappa shape index (κ2) is 5.52. The van der Waals surface area contributed by atoms with E-state index >= 15 is 0 Å². The van der Waals surface area contributed by atoms with Gasteiger partial charge in [0.05, 0.1) is 5.41 Å². The van der Waals surface area contributed by atoms with E-state index in [2.05, 4.69) is 9.97 Å². The van der Waals surface area contributed by atoms with Crippen molar-refractivity contribution in [2.24, 2.45) is 0 Å². The molecule has 0 spiro atoms. The Kier molecular flexibility index (Phi) is 3.56. The third-order valence-corrected chi connectivity index (χ3v) is 4.19. The number of carboxylic acids is 1. The molecule has 5 nitrogen and oxygen atoms in total. The average molecular weight is 283 g/mol. The Labute approximate surface area is 123 Å². The van der Waals surface area contributed by atoms with Crippen molar-refractivity contribution in [1.82, 2.24) is 9.97 Å². The minimum Gasteiger partial charge on any atom is -0.481 e. The molecule has 0 saturated carbocycles. The molecule has 0 bridgehead atoms. The zero-order valence-corrected chi connectivity index (χ0v) is 11.6. The van der Waals surface area contributed by atoms with Crippen molar-refractivity contribution < 1.29 is 9.90 Å². The summed E-state index contributed by atoms with van der Waals surface area (Å²) in [5.74, 6) is -0.0770. The molecule has 1 N–H and O–H groups in total. The first-order valence-electron chi connectivity index (χ1n) is 7.03. The molecule has 1 fully saturated rings. The van der Waals surface area contributed by atoms with Crippen molar-refractivity contribution in [3.05, 3.63) is 54.4 Å². The van der Waals surface area contributed by atoms with Crippen LogP contribution < -0.4 is 4.90 Å². The summed E-state index contributed by atoms with van der Waals surface area (Å²) in [5.41, 5.74) is 0.0816. The lowest BCUT2D eigenvalue weighted by Gasteiger charge is -2.39. The number of benzene rings is 1. The number of nitrogens with zero attached hydrogens (tertiary/aromatic N) is 3. The third kappa shape index (κ3) is 2.46. The van der Waals surface area contributed by atoms with Crippen LogP contribution in [0.4, 0.5) is 5.95 Å². The highest BCUT2D eigenvalue weighted by molar-refractivity contribution is 5.81. The van der Waals surface area contributed by atoms with Crippen molar-refractivity contribution in [2.45, 2.75) is 18.3 Å². The van der Waals surface area contributed by atoms with Crippen LogP contribution in [0.15, 0.2) is 48.8 Å². The smallest absolute Gasteiger partial charge is 0.314 e. The summed E-state index contributed by atoms with van der Waals surface area (Å²) in [4.78, 5) is 22.4. The second-order valence-corrected chi connectivity index (χ2v) is 5.29. The number of aliphatic carboxylic acids is 1. The van der Waals surface area contributed by atoms with Gasteiger partial charge in [-0.05, 0) is 24.5 Å². The van der Waals surface area contributed by atoms with E-state index in [0.29, 0.717) is 31.9 Å². The summed E-state index contributed by atoms with van der Waals surface area (Å²) in [7, 11) is 0. The number of piperidine rings is 1. The van der Waals surface area contributed by atoms with E-state index in [1.165, 1.54) is 0 Å². The molecule has 21 heavy (non-hydrogen) atoms. The van der Waals surface area contributed by atoms with Gasteiger partial charge < -0.3 is 10.0 Å². The maximum atomic E-state index is 11.9. The normalized spacial score (nSPS) is 17.4. The van der Waals surface area contributed by atoms with Gasteiger partial charge in [-0.1, -0.05) is 30.3 Å². The Hall–Kier alpha value is -2.43. The van der Waals surface area contributed by atoms with E-state index < -0.39 is 11.4 Å². The zero-order chi connectivity index (χ0) is 14.7. The lowest BCUT2D eigenvalue weighted by Crippen LogP contribution is -2.47. The van der Waals surface area contributed by atoms with Gasteiger partial charge in [-0.25, -0.2) is 9.97 Å². The lowest BCUT2D eigenvalue weighted by molar-refractivity contribution is -0.144. The van der Waals surface area contributed by atoms with Crippen molar-refractivity contribution in [2.75, 3.05) is 18.0 Å². The molecule has 0 unspecified atom stereocenters. The molecule has 0 aliphatic carbocycles. The molecule has 1 aliphatic heterocycles. The predicted molar refractivity (Wildman–Crippen MR) is 79.2 cm³/mol. The van der Waals surface area contributed by atoms with Gasteiger partial charge in [-0.3, -0.25) is 4.79 Å². The lowest BCUT2D eigenvalue weighted by atomic mass is 9.73. The fourth-order valence-corrected chi connectivity index (χ4v) is 2.93. The van der Waals surface area contributed by atoms with Gasteiger partial charge in [0, 0.05) is 25.5 Å². The van der Waals surface area contributed by atoms with E-state index in [9.17, 15) is 9.90 Å². The molecular weight excluding hydrogens is 266 g/mol. The van der Waals surface area contributed by atoms with Crippen LogP contribution in [0.5, 0.6) is 0 Å². The topological polar surface area (TPSA) is 66.3 Å². The molecule has 1 aromatic carbocycles. The number of anilines is 1. The van der Waals surface area contributed by atoms with Gasteiger partial charge in [-0.15, -0.1) is 0 Å². The molecule has 1 aliphatic rings. The number of aromatic nitrogens is 2. The first kappa shape index (κ1) is 13.5. The summed E-state index contributed by atoms with van der Waals surface area (Å²) < 4.78 is 0. The average Bonchev–Trinajstić information content (AvgIpc) is 2.56. The summed E-state index contributed by atoms with van der Waals surface area (Å²) in [6.07, 6.45) is 4.53. The van der Waals surface area contributed by atoms with Gasteiger partial charge in [0.2, 0.25) is 5.95 Å². The SMILES string of the molecule is O=C(O)C1(c2ccccc2)CCN(c2ncccn2)CC1. The summed E-state index contributed by atoms with van der Waals surface area (Å²) in [6.45, 7) is 1.29. The highest BCUT2D eigenvalue weighted by atomic mass is 16.4. The molecule has 2 heterocycles. The first-order chi connectivity index (χ1) is 10.2. The van der Waals surface area contributed by atoms with Crippen LogP contribution in [0.1, 0.15) is 18.4 Å². The fraction of sp³-hybridized carbons (Fsp3) is 0.312. The van der Waals surface area contributed by atoms with E-state index in [1.807, 2.05) is 35.2 Å². The molecule has 3 rings (SSSR count). The molecule has 2 aromatic rings. The van der Waals surface area contributed by atoms with Gasteiger partial charge >= 0.3 is 5.97 Å². The van der Waals surface area contributed by atoms with Crippen molar-refractivity contribution >= 4 is 11.9 Å². The van der Waals surface area contributed by atoms with Crippen LogP contribution in [-0.4, -0.2) is 34.1 Å². The summed E-state index contributed by atoms with van der Waals surface area (Å²) in [6, 6.07) is 11.3. The molecule has 0 atom stereocenters. The molecule has 5 heteroatoms. The van der Waals surface area contributed by atoms with E-state index in [1.54, 1.807) is 18.5 Å². The van der Waals surface area contributed by atoms with Gasteiger partial charge in [-0.2, -0.15) is 0 Å². The van der Waals surface area contributed by atoms with E-state index in [4.69, 9.17) is 0 Å². The quantitative estimate of drug-likeness (QED) is 0.934. The molecule has 0 amide bonds. The molecule has 0 radical (unpaired) electrons. The van der Waals surface area contributed by atoms with Gasteiger partial charge in [0.1, 0.15) is 0 Å². The number of rotatable bonds is 3. The summed E-state index contributed by atoms with van der Waals surface area (Å²) >= 11 is 0. The van der Waals surface area contributed by atoms with Crippen LogP contribution in [0, 0.1) is 0 Å². The Morgan fingerprint density at radius 2 is 1.67 bits per heavy atom. The van der Waals surface area contributed by atoms with Crippen LogP contribution in [-0.2, 0) is 10.2 Å². The zero-order valence-electron chi connectivity index (χ0n) is 11.6. The van der Waals surface area contributed by atoms with E-state index in [-0.39, 0.29) is 0 Å². The molecule has 1 aromatic heterocycles. The largest absolute Gasteiger partial charge is 0.481 e. The van der Waals surface area contributed by atoms with Crippen LogP contribution in [0.25, 0.3) is 0 Å². The number of hydrogen-bond acceptors (Lipinski definition) is 4. The molecule has 1 saturated heterocycles. The molecule has 108 valence electrons. The minimum atomic E-state index is -0.799. The minimum absolute atomic E-state index is 0.560. The van der Waals surface area contributed by atoms with Crippen molar-refractivity contribution in [3.8, 4) is 0 Å². The van der Waals surface area contributed by atoms with Crippen molar-refractivity contribution in [3.63, 3.8) is 0 Å². The Morgan fingerprint density at radius 1 is 1.05 bits per heavy atom. The highest BCUT2D eigenvalue weighted by Crippen LogP contribution is 2.36. The maximum absolute atomic E-state index is 11.9. The maximum Gasteiger partial charge on any atom is 0.314 e. The van der Waals surface area contributed by atoms with Crippen LogP contribution >= 0.6 is 0 Å². The number of hydrogen-bond donors (Lipinski definition) is 1. The predicted octanol–water partition coefficient (Wildman–Crippen LogP) is 2.10. The Bertz CT molecular complexity index is 608. The first-order valence-corrected chi connectivity index (χ1v) is 7.03. The van der Waals surface area contributed by atoms with Crippen molar-refractivity contribution in [1.29, 1.82) is 0 Å². The second-order valence-electron chi connectivity index (χ2n) is 5.29. The summed E-state index contributed by atoms with van der Waals surface area (Å²) in [5, 5.41) is 9.75. The van der Waals surface area contributed by atoms with Gasteiger partial charge in [0.25, 0.3) is 0 Å². The molecular formula is C16H17N3O2. The Morgan fingerprint density at radius 3 is 2.24 bits per heavy atom. The van der Waals surface area contributed by atoms with Gasteiger partial charge in [0.15, 0.2) is 0 Å². The Balaban J connectivity index is 1.83. The number of carboxylic acid groups (broad SMARTS) is 1.